The lowest BCUT2D eigenvalue weighted by Crippen LogP contribution is -2.12. The van der Waals surface area contributed by atoms with E-state index in [9.17, 15) is 0 Å². The van der Waals surface area contributed by atoms with Gasteiger partial charge in [-0.25, -0.2) is 0 Å². The molecule has 10 nitrogen and oxygen atoms in total. The van der Waals surface area contributed by atoms with E-state index in [-0.39, 0.29) is 0 Å². The van der Waals surface area contributed by atoms with Crippen molar-refractivity contribution in [2.45, 2.75) is 105 Å². The third kappa shape index (κ3) is 11.1. The molecule has 0 atom stereocenters. The maximum Gasteiger partial charge on any atom is 0.453 e. The minimum atomic E-state index is -2.38. The van der Waals surface area contributed by atoms with Gasteiger partial charge in [-0.05, 0) is 115 Å². The van der Waals surface area contributed by atoms with E-state index >= 15 is 0 Å². The first-order chi connectivity index (χ1) is 41.9. The van der Waals surface area contributed by atoms with Crippen molar-refractivity contribution < 1.29 is 44.8 Å². The fraction of sp³-hybridized carbons (Fsp3) is 0.263. The third-order valence-corrected chi connectivity index (χ3v) is 18.4. The molecule has 2 heterocycles. The van der Waals surface area contributed by atoms with E-state index in [2.05, 4.69) is 217 Å². The lowest BCUT2D eigenvalue weighted by molar-refractivity contribution is 0.413. The van der Waals surface area contributed by atoms with Crippen LogP contribution in [0.2, 0.25) is 0 Å². The van der Waals surface area contributed by atoms with Gasteiger partial charge in [-0.3, -0.25) is 0 Å². The van der Waals surface area contributed by atoms with Crippen LogP contribution in [0.15, 0.2) is 187 Å². The number of rotatable bonds is 11. The second kappa shape index (κ2) is 22.8. The zero-order valence-electron chi connectivity index (χ0n) is 53.1. The van der Waals surface area contributed by atoms with Gasteiger partial charge in [0.05, 0.1) is 28.4 Å². The van der Waals surface area contributed by atoms with Gasteiger partial charge in [0.1, 0.15) is 45.3 Å². The van der Waals surface area contributed by atoms with E-state index in [0.29, 0.717) is 56.8 Å². The molecular formula is C76H76O10P2. The summed E-state index contributed by atoms with van der Waals surface area (Å²) in [6.07, 6.45) is 0. The quantitative estimate of drug-likeness (QED) is 0.124. The second-order valence-corrected chi connectivity index (χ2v) is 28.6. The van der Waals surface area contributed by atoms with E-state index < -0.39 is 38.1 Å². The molecule has 88 heavy (non-hydrogen) atoms. The van der Waals surface area contributed by atoms with Crippen LogP contribution >= 0.6 is 16.5 Å². The van der Waals surface area contributed by atoms with Crippen LogP contribution in [0.25, 0.3) is 98.8 Å². The molecule has 10 aromatic carbocycles. The molecule has 0 N–H and O–H groups in total. The van der Waals surface area contributed by atoms with Gasteiger partial charge in [-0.1, -0.05) is 192 Å². The highest BCUT2D eigenvalue weighted by Crippen LogP contribution is 2.58. The SMILES string of the molecule is COc1cc(C(C)(C)C)c2op(Oc3c(-c4ccccc4)cc4ccccc4c3-c3c(Op4oc5c(C(C)(C)C)cc(OC)cc5c5cc(OC)cc(C(C)(C)C)c5o4)c(-c4ccccc4)cc4ccccc34)oc3c(C(C)(C)C)cc(OC)cc3c2c1. The minimum absolute atomic E-state index is 0.424. The third-order valence-electron chi connectivity index (χ3n) is 16.4. The summed E-state index contributed by atoms with van der Waals surface area (Å²) < 4.78 is 70.1. The number of ether oxygens (including phenoxy) is 4. The monoisotopic (exact) mass is 1210 g/mol. The lowest BCUT2D eigenvalue weighted by Gasteiger charge is -2.23. The molecule has 2 aromatic heterocycles. The molecule has 0 aliphatic rings. The largest absolute Gasteiger partial charge is 0.497 e. The Hall–Kier alpha value is -8.68. The molecule has 450 valence electrons. The predicted octanol–water partition coefficient (Wildman–Crippen LogP) is 23.1. The van der Waals surface area contributed by atoms with E-state index in [1.165, 1.54) is 0 Å². The fourth-order valence-electron chi connectivity index (χ4n) is 11.9. The average Bonchev–Trinajstić information content (AvgIpc) is 1.23. The number of hydrogen-bond acceptors (Lipinski definition) is 10. The van der Waals surface area contributed by atoms with E-state index in [1.807, 2.05) is 36.4 Å². The molecule has 0 bridgehead atoms. The first kappa shape index (κ1) is 59.6. The zero-order chi connectivity index (χ0) is 62.2. The Morgan fingerprint density at radius 3 is 0.818 bits per heavy atom. The Morgan fingerprint density at radius 1 is 0.295 bits per heavy atom. The maximum atomic E-state index is 7.90. The standard InChI is InChI=1S/C76H76O10P2/c1-73(2,3)61-41-49(77-13)37-57-58-38-50(78-14)42-62(74(4,5)6)68(58)82-87(81-67(57)61)85-71-55(45-27-19-17-20-28-45)35-47-31-23-25-33-53(47)65(71)66-54-34-26-24-32-48(54)36-56(46-29-21-18-22-30-46)72(66)86-88-83-69-59(39-51(79-15)43-63(69)75(7,8)9)60-40-52(80-16)44-64(70(60)84-88)76(10,11)12/h17-44H,1-16H3. The van der Waals surface area contributed by atoms with Crippen molar-refractivity contribution in [1.82, 2.24) is 0 Å². The summed E-state index contributed by atoms with van der Waals surface area (Å²) >= 11 is 0. The van der Waals surface area contributed by atoms with Gasteiger partial charge in [0.2, 0.25) is 0 Å². The minimum Gasteiger partial charge on any atom is -0.497 e. The van der Waals surface area contributed by atoms with Gasteiger partial charge in [0.15, 0.2) is 11.5 Å². The molecule has 0 amide bonds. The Bertz CT molecular complexity index is 4290. The lowest BCUT2D eigenvalue weighted by atomic mass is 9.84. The molecule has 12 rings (SSSR count). The molecule has 0 radical (unpaired) electrons. The topological polar surface area (TPSA) is 108 Å². The number of fused-ring (bicyclic) bond motifs is 8. The highest BCUT2D eigenvalue weighted by Gasteiger charge is 2.33. The van der Waals surface area contributed by atoms with Crippen molar-refractivity contribution in [3.8, 4) is 67.9 Å². The van der Waals surface area contributed by atoms with Crippen molar-refractivity contribution in [3.05, 3.63) is 192 Å². The summed E-state index contributed by atoms with van der Waals surface area (Å²) in [5, 5.41) is 6.94. The Kier molecular flexibility index (Phi) is 15.4. The van der Waals surface area contributed by atoms with Crippen LogP contribution in [0, 0.1) is 0 Å². The highest BCUT2D eigenvalue weighted by molar-refractivity contribution is 7.32. The zero-order valence-corrected chi connectivity index (χ0v) is 54.9. The smallest absolute Gasteiger partial charge is 0.453 e. The predicted molar refractivity (Wildman–Crippen MR) is 363 cm³/mol. The van der Waals surface area contributed by atoms with E-state index in [4.69, 9.17) is 44.8 Å². The summed E-state index contributed by atoms with van der Waals surface area (Å²) in [4.78, 5) is 0. The summed E-state index contributed by atoms with van der Waals surface area (Å²) in [6, 6.07) is 58.4. The van der Waals surface area contributed by atoms with Gasteiger partial charge in [-0.15, -0.1) is 0 Å². The summed E-state index contributed by atoms with van der Waals surface area (Å²) in [7, 11) is 2.02. The summed E-state index contributed by atoms with van der Waals surface area (Å²) in [6.45, 7) is 26.1. The van der Waals surface area contributed by atoms with Crippen LogP contribution in [0.3, 0.4) is 0 Å². The fourth-order valence-corrected chi connectivity index (χ4v) is 14.2. The van der Waals surface area contributed by atoms with Crippen molar-refractivity contribution in [2.24, 2.45) is 0 Å². The van der Waals surface area contributed by atoms with Gasteiger partial charge >= 0.3 is 16.5 Å². The first-order valence-electron chi connectivity index (χ1n) is 29.8. The van der Waals surface area contributed by atoms with Crippen LogP contribution in [-0.4, -0.2) is 28.4 Å². The first-order valence-corrected chi connectivity index (χ1v) is 32.0. The van der Waals surface area contributed by atoms with Crippen LogP contribution < -0.4 is 28.0 Å². The molecule has 0 aliphatic heterocycles. The van der Waals surface area contributed by atoms with Crippen molar-refractivity contribution in [1.29, 1.82) is 0 Å². The number of methoxy groups -OCH3 is 4. The van der Waals surface area contributed by atoms with Crippen LogP contribution in [0.4, 0.5) is 0 Å². The molecular weight excluding hydrogens is 1130 g/mol. The normalized spacial score (nSPS) is 12.3. The summed E-state index contributed by atoms with van der Waals surface area (Å²) in [5.41, 5.74) is 9.46. The van der Waals surface area contributed by atoms with Gasteiger partial charge < -0.3 is 44.8 Å². The van der Waals surface area contributed by atoms with Crippen LogP contribution in [-0.2, 0) is 21.7 Å². The van der Waals surface area contributed by atoms with Gasteiger partial charge in [0.25, 0.3) is 0 Å². The van der Waals surface area contributed by atoms with Crippen molar-refractivity contribution in [3.63, 3.8) is 0 Å². The van der Waals surface area contributed by atoms with Crippen LogP contribution in [0.1, 0.15) is 105 Å². The summed E-state index contributed by atoms with van der Waals surface area (Å²) in [5.74, 6) is 3.79. The van der Waals surface area contributed by atoms with Gasteiger partial charge in [-0.2, -0.15) is 0 Å². The Morgan fingerprint density at radius 2 is 0.557 bits per heavy atom. The van der Waals surface area contributed by atoms with Crippen LogP contribution in [0.5, 0.6) is 34.5 Å². The van der Waals surface area contributed by atoms with E-state index in [0.717, 1.165) is 98.7 Å². The Balaban J connectivity index is 1.28. The number of benzene rings is 10. The molecule has 0 fully saturated rings. The maximum absolute atomic E-state index is 7.90. The van der Waals surface area contributed by atoms with Crippen molar-refractivity contribution >= 4 is 81.9 Å². The Labute approximate surface area is 517 Å². The molecule has 12 heteroatoms. The molecule has 0 spiro atoms. The average molecular weight is 1210 g/mol. The van der Waals surface area contributed by atoms with Gasteiger partial charge in [0, 0.05) is 66.1 Å². The van der Waals surface area contributed by atoms with E-state index in [1.54, 1.807) is 28.4 Å². The highest BCUT2D eigenvalue weighted by atomic mass is 31.1. The molecule has 0 saturated carbocycles. The van der Waals surface area contributed by atoms with Crippen molar-refractivity contribution in [2.75, 3.05) is 28.4 Å². The molecule has 0 aliphatic carbocycles. The number of hydrogen-bond donors (Lipinski definition) is 0. The molecule has 0 unspecified atom stereocenters. The second-order valence-electron chi connectivity index (χ2n) is 26.6. The molecule has 0 saturated heterocycles. The molecule has 12 aromatic rings.